The molecule has 0 saturated carbocycles. The highest BCUT2D eigenvalue weighted by molar-refractivity contribution is 7.99. The number of aromatic nitrogens is 2. The summed E-state index contributed by atoms with van der Waals surface area (Å²) in [7, 11) is 0. The number of anilines is 1. The molecule has 0 bridgehead atoms. The maximum absolute atomic E-state index is 5.92. The third-order valence-electron chi connectivity index (χ3n) is 2.30. The van der Waals surface area contributed by atoms with Crippen molar-refractivity contribution in [2.24, 2.45) is 0 Å². The minimum atomic E-state index is 0.368. The van der Waals surface area contributed by atoms with Gasteiger partial charge in [-0.2, -0.15) is 11.8 Å². The molecule has 0 aliphatic carbocycles. The molecular formula is C9H11Cl2N3S. The largest absolute Gasteiger partial charge is 0.380 e. The lowest BCUT2D eigenvalue weighted by Crippen LogP contribution is -2.24. The predicted molar refractivity (Wildman–Crippen MR) is 66.0 cm³/mol. The highest BCUT2D eigenvalue weighted by Gasteiger charge is 2.15. The van der Waals surface area contributed by atoms with E-state index >= 15 is 0 Å². The number of nitrogens with zero attached hydrogens (tertiary/aromatic N) is 2. The van der Waals surface area contributed by atoms with Crippen LogP contribution in [0.25, 0.3) is 0 Å². The van der Waals surface area contributed by atoms with Gasteiger partial charge in [0.05, 0.1) is 5.69 Å². The number of hydrogen-bond donors (Lipinski definition) is 1. The van der Waals surface area contributed by atoms with E-state index in [2.05, 4.69) is 15.5 Å². The highest BCUT2D eigenvalue weighted by atomic mass is 35.5. The van der Waals surface area contributed by atoms with Crippen molar-refractivity contribution in [1.82, 2.24) is 10.2 Å². The summed E-state index contributed by atoms with van der Waals surface area (Å²) in [5.74, 6) is 2.39. The quantitative estimate of drug-likeness (QED) is 0.890. The van der Waals surface area contributed by atoms with Gasteiger partial charge in [-0.1, -0.05) is 23.2 Å². The molecule has 1 aliphatic rings. The summed E-state index contributed by atoms with van der Waals surface area (Å²) < 4.78 is 0. The number of halogens is 2. The van der Waals surface area contributed by atoms with Crippen LogP contribution in [-0.2, 0) is 0 Å². The molecule has 2 rings (SSSR count). The average Bonchev–Trinajstić information content (AvgIpc) is 2.25. The molecule has 82 valence electrons. The Hall–Kier alpha value is -0.190. The van der Waals surface area contributed by atoms with Gasteiger partial charge in [0.25, 0.3) is 0 Å². The molecule has 1 fully saturated rings. The zero-order valence-electron chi connectivity index (χ0n) is 8.04. The van der Waals surface area contributed by atoms with Crippen molar-refractivity contribution >= 4 is 40.7 Å². The van der Waals surface area contributed by atoms with E-state index in [9.17, 15) is 0 Å². The summed E-state index contributed by atoms with van der Waals surface area (Å²) in [4.78, 5) is 0. The van der Waals surface area contributed by atoms with E-state index in [0.717, 1.165) is 18.5 Å². The van der Waals surface area contributed by atoms with Crippen LogP contribution in [-0.4, -0.2) is 27.7 Å². The lowest BCUT2D eigenvalue weighted by atomic mass is 10.1. The van der Waals surface area contributed by atoms with Crippen LogP contribution < -0.4 is 5.32 Å². The summed E-state index contributed by atoms with van der Waals surface area (Å²) in [6, 6.07) is 2.20. The normalized spacial score (nSPS) is 17.7. The Morgan fingerprint density at radius 1 is 1.27 bits per heavy atom. The fraction of sp³-hybridized carbons (Fsp3) is 0.556. The Kier molecular flexibility index (Phi) is 3.94. The Morgan fingerprint density at radius 3 is 2.73 bits per heavy atom. The van der Waals surface area contributed by atoms with E-state index in [1.807, 2.05) is 11.8 Å². The first-order valence-electron chi connectivity index (χ1n) is 4.79. The first-order valence-corrected chi connectivity index (χ1v) is 6.70. The molecule has 1 N–H and O–H groups in total. The van der Waals surface area contributed by atoms with Gasteiger partial charge in [-0.3, -0.25) is 0 Å². The lowest BCUT2D eigenvalue weighted by molar-refractivity contribution is 0.666. The van der Waals surface area contributed by atoms with Crippen LogP contribution >= 0.6 is 35.0 Å². The van der Waals surface area contributed by atoms with Gasteiger partial charge in [-0.05, 0) is 24.3 Å². The number of nitrogens with one attached hydrogen (secondary N) is 1. The SMILES string of the molecule is Clc1cc(NC2CCSCC2)c(Cl)nn1. The fourth-order valence-electron chi connectivity index (χ4n) is 1.52. The minimum absolute atomic E-state index is 0.368. The van der Waals surface area contributed by atoms with Crippen molar-refractivity contribution in [2.75, 3.05) is 16.8 Å². The van der Waals surface area contributed by atoms with Gasteiger partial charge < -0.3 is 5.32 Å². The maximum Gasteiger partial charge on any atom is 0.174 e. The van der Waals surface area contributed by atoms with Crippen molar-refractivity contribution < 1.29 is 0 Å². The molecule has 1 aliphatic heterocycles. The second-order valence-corrected chi connectivity index (χ2v) is 5.37. The highest BCUT2D eigenvalue weighted by Crippen LogP contribution is 2.25. The first-order chi connectivity index (χ1) is 7.25. The van der Waals surface area contributed by atoms with Crippen molar-refractivity contribution in [3.63, 3.8) is 0 Å². The molecule has 6 heteroatoms. The molecule has 0 radical (unpaired) electrons. The van der Waals surface area contributed by atoms with Crippen molar-refractivity contribution in [3.8, 4) is 0 Å². The fourth-order valence-corrected chi connectivity index (χ4v) is 2.92. The Balaban J connectivity index is 2.05. The molecule has 0 spiro atoms. The number of rotatable bonds is 2. The smallest absolute Gasteiger partial charge is 0.174 e. The van der Waals surface area contributed by atoms with Gasteiger partial charge in [-0.25, -0.2) is 0 Å². The molecular weight excluding hydrogens is 253 g/mol. The Morgan fingerprint density at radius 2 is 2.00 bits per heavy atom. The van der Waals surface area contributed by atoms with Crippen molar-refractivity contribution in [3.05, 3.63) is 16.4 Å². The van der Waals surface area contributed by atoms with E-state index in [4.69, 9.17) is 23.2 Å². The van der Waals surface area contributed by atoms with Crippen LogP contribution in [0.2, 0.25) is 10.3 Å². The second-order valence-electron chi connectivity index (χ2n) is 3.40. The van der Waals surface area contributed by atoms with E-state index < -0.39 is 0 Å². The molecule has 0 atom stereocenters. The summed E-state index contributed by atoms with van der Waals surface area (Å²) in [5.41, 5.74) is 0.786. The van der Waals surface area contributed by atoms with Gasteiger partial charge in [0, 0.05) is 12.1 Å². The molecule has 0 amide bonds. The molecule has 1 aromatic heterocycles. The van der Waals surface area contributed by atoms with E-state index in [0.29, 0.717) is 16.3 Å². The van der Waals surface area contributed by atoms with Crippen LogP contribution in [0.15, 0.2) is 6.07 Å². The van der Waals surface area contributed by atoms with Gasteiger partial charge in [0.1, 0.15) is 0 Å². The molecule has 1 saturated heterocycles. The molecule has 2 heterocycles. The molecule has 0 aromatic carbocycles. The van der Waals surface area contributed by atoms with E-state index in [1.54, 1.807) is 6.07 Å². The maximum atomic E-state index is 5.92. The van der Waals surface area contributed by atoms with Crippen LogP contribution in [0, 0.1) is 0 Å². The zero-order valence-corrected chi connectivity index (χ0v) is 10.4. The molecule has 0 unspecified atom stereocenters. The van der Waals surface area contributed by atoms with Gasteiger partial charge >= 0.3 is 0 Å². The molecule has 1 aromatic rings. The molecule has 3 nitrogen and oxygen atoms in total. The van der Waals surface area contributed by atoms with E-state index in [-0.39, 0.29) is 0 Å². The lowest BCUT2D eigenvalue weighted by Gasteiger charge is -2.23. The minimum Gasteiger partial charge on any atom is -0.380 e. The van der Waals surface area contributed by atoms with Crippen molar-refractivity contribution in [2.45, 2.75) is 18.9 Å². The second kappa shape index (κ2) is 5.23. The number of thioether (sulfide) groups is 1. The average molecular weight is 264 g/mol. The third kappa shape index (κ3) is 3.13. The summed E-state index contributed by atoms with van der Waals surface area (Å²) >= 11 is 13.7. The topological polar surface area (TPSA) is 37.8 Å². The van der Waals surface area contributed by atoms with Crippen LogP contribution in [0.3, 0.4) is 0 Å². The third-order valence-corrected chi connectivity index (χ3v) is 3.81. The predicted octanol–water partition coefficient (Wildman–Crippen LogP) is 3.09. The summed E-state index contributed by atoms with van der Waals surface area (Å²) in [6.07, 6.45) is 2.31. The monoisotopic (exact) mass is 263 g/mol. The van der Waals surface area contributed by atoms with Gasteiger partial charge in [0.2, 0.25) is 0 Å². The van der Waals surface area contributed by atoms with Gasteiger partial charge in [-0.15, -0.1) is 10.2 Å². The Bertz CT molecular complexity index is 342. The van der Waals surface area contributed by atoms with Gasteiger partial charge in [0.15, 0.2) is 10.3 Å². The number of hydrogen-bond acceptors (Lipinski definition) is 4. The zero-order chi connectivity index (χ0) is 10.7. The van der Waals surface area contributed by atoms with Crippen LogP contribution in [0.5, 0.6) is 0 Å². The van der Waals surface area contributed by atoms with Crippen LogP contribution in [0.1, 0.15) is 12.8 Å². The van der Waals surface area contributed by atoms with E-state index in [1.165, 1.54) is 11.5 Å². The van der Waals surface area contributed by atoms with Crippen LogP contribution in [0.4, 0.5) is 5.69 Å². The van der Waals surface area contributed by atoms with Crippen molar-refractivity contribution in [1.29, 1.82) is 0 Å². The first kappa shape index (κ1) is 11.3. The molecule has 15 heavy (non-hydrogen) atoms. The summed E-state index contributed by atoms with van der Waals surface area (Å²) in [5, 5.41) is 11.5. The standard InChI is InChI=1S/C9H11Cl2N3S/c10-8-5-7(9(11)14-13-8)12-6-1-3-15-4-2-6/h5-6H,1-4H2,(H,12,13). The Labute approximate surface area is 103 Å². The summed E-state index contributed by atoms with van der Waals surface area (Å²) in [6.45, 7) is 0.